The average molecular weight is 174 g/mol. The predicted octanol–water partition coefficient (Wildman–Crippen LogP) is 1.31. The molecule has 0 saturated heterocycles. The molecule has 0 aromatic rings. The van der Waals surface area contributed by atoms with Crippen molar-refractivity contribution in [2.24, 2.45) is 0 Å². The van der Waals surface area contributed by atoms with E-state index in [4.69, 9.17) is 0 Å². The molecule has 2 nitrogen and oxygen atoms in total. The van der Waals surface area contributed by atoms with E-state index in [-0.39, 0.29) is 0 Å². The lowest BCUT2D eigenvalue weighted by molar-refractivity contribution is 0.233. The van der Waals surface area contributed by atoms with E-state index in [0.29, 0.717) is 0 Å². The summed E-state index contributed by atoms with van der Waals surface area (Å²) in [4.78, 5) is 4.60. The first-order valence-corrected chi connectivity index (χ1v) is 7.85. The second kappa shape index (κ2) is 4.23. The molecule has 68 valence electrons. The number of nitrogens with zero attached hydrogens (tertiary/aromatic N) is 2. The molecule has 0 amide bonds. The van der Waals surface area contributed by atoms with Crippen LogP contribution in [0.15, 0.2) is 0 Å². The normalized spacial score (nSPS) is 13.1. The molecule has 0 aliphatic rings. The quantitative estimate of drug-likeness (QED) is 0.468. The summed E-state index contributed by atoms with van der Waals surface area (Å²) in [7, 11) is 5.53. The molecule has 0 saturated carbocycles. The fraction of sp³-hybridized carbons (Fsp3) is 1.00. The van der Waals surface area contributed by atoms with E-state index in [9.17, 15) is 0 Å². The van der Waals surface area contributed by atoms with Crippen LogP contribution in [0.3, 0.4) is 0 Å². The van der Waals surface area contributed by atoms with Crippen molar-refractivity contribution in [3.63, 3.8) is 0 Å². The lowest BCUT2D eigenvalue weighted by Crippen LogP contribution is -2.41. The molecule has 0 aromatic carbocycles. The molecule has 0 aromatic heterocycles. The first-order chi connectivity index (χ1) is 4.81. The Hall–Kier alpha value is 0.137. The van der Waals surface area contributed by atoms with Gasteiger partial charge in [0.15, 0.2) is 0 Å². The Morgan fingerprint density at radius 3 is 1.73 bits per heavy atom. The SMILES string of the molecule is CN(C)CN(C)C[Si](C)(C)C. The van der Waals surface area contributed by atoms with Crippen molar-refractivity contribution in [1.29, 1.82) is 0 Å². The number of hydrogen-bond acceptors (Lipinski definition) is 2. The van der Waals surface area contributed by atoms with Gasteiger partial charge in [0.25, 0.3) is 0 Å². The molecule has 3 heteroatoms. The molecule has 0 radical (unpaired) electrons. The van der Waals surface area contributed by atoms with Crippen molar-refractivity contribution < 1.29 is 0 Å². The van der Waals surface area contributed by atoms with Gasteiger partial charge in [-0.25, -0.2) is 0 Å². The minimum atomic E-state index is -0.888. The fourth-order valence-electron chi connectivity index (χ4n) is 1.34. The summed E-state index contributed by atoms with van der Waals surface area (Å²) in [5.41, 5.74) is 0. The topological polar surface area (TPSA) is 6.48 Å². The smallest absolute Gasteiger partial charge is 0.0599 e. The van der Waals surface area contributed by atoms with Crippen molar-refractivity contribution in [2.75, 3.05) is 34.0 Å². The van der Waals surface area contributed by atoms with Gasteiger partial charge in [0, 0.05) is 6.67 Å². The van der Waals surface area contributed by atoms with Gasteiger partial charge >= 0.3 is 0 Å². The van der Waals surface area contributed by atoms with Gasteiger partial charge in [-0.15, -0.1) is 0 Å². The summed E-state index contributed by atoms with van der Waals surface area (Å²) in [6.45, 7) is 8.28. The van der Waals surface area contributed by atoms with Gasteiger partial charge in [-0.2, -0.15) is 0 Å². The Labute approximate surface area is 72.2 Å². The summed E-state index contributed by atoms with van der Waals surface area (Å²) in [5.74, 6) is 0. The van der Waals surface area contributed by atoms with Gasteiger partial charge in [0.1, 0.15) is 0 Å². The molecule has 0 atom stereocenters. The maximum atomic E-state index is 2.40. The zero-order chi connectivity index (χ0) is 9.07. The molecule has 0 heterocycles. The summed E-state index contributed by atoms with van der Waals surface area (Å²) in [6, 6.07) is 0. The monoisotopic (exact) mass is 174 g/mol. The summed E-state index contributed by atoms with van der Waals surface area (Å²) >= 11 is 0. The highest BCUT2D eigenvalue weighted by Crippen LogP contribution is 2.02. The van der Waals surface area contributed by atoms with Gasteiger partial charge in [-0.1, -0.05) is 19.6 Å². The highest BCUT2D eigenvalue weighted by Gasteiger charge is 2.15. The molecule has 0 spiro atoms. The number of rotatable bonds is 4. The summed E-state index contributed by atoms with van der Waals surface area (Å²) in [6.07, 6.45) is 1.28. The van der Waals surface area contributed by atoms with Gasteiger partial charge in [-0.3, -0.25) is 9.80 Å². The predicted molar refractivity (Wildman–Crippen MR) is 54.5 cm³/mol. The summed E-state index contributed by atoms with van der Waals surface area (Å²) in [5, 5.41) is 0. The zero-order valence-corrected chi connectivity index (χ0v) is 9.81. The Morgan fingerprint density at radius 2 is 1.45 bits per heavy atom. The van der Waals surface area contributed by atoms with Crippen LogP contribution in [0.5, 0.6) is 0 Å². The first kappa shape index (κ1) is 11.1. The molecule has 0 fully saturated rings. The van der Waals surface area contributed by atoms with Gasteiger partial charge in [-0.05, 0) is 27.3 Å². The fourth-order valence-corrected chi connectivity index (χ4v) is 3.06. The second-order valence-electron chi connectivity index (χ2n) is 4.80. The largest absolute Gasteiger partial charge is 0.297 e. The van der Waals surface area contributed by atoms with Crippen LogP contribution in [0.2, 0.25) is 19.6 Å². The van der Waals surface area contributed by atoms with Crippen molar-refractivity contribution in [3.8, 4) is 0 Å². The van der Waals surface area contributed by atoms with E-state index in [0.717, 1.165) is 6.67 Å². The van der Waals surface area contributed by atoms with Crippen molar-refractivity contribution in [1.82, 2.24) is 9.80 Å². The van der Waals surface area contributed by atoms with Crippen LogP contribution in [0, 0.1) is 0 Å². The third-order valence-electron chi connectivity index (χ3n) is 1.27. The second-order valence-corrected chi connectivity index (χ2v) is 10.2. The van der Waals surface area contributed by atoms with E-state index < -0.39 is 8.07 Å². The molecular weight excluding hydrogens is 152 g/mol. The molecule has 0 unspecified atom stereocenters. The van der Waals surface area contributed by atoms with Crippen molar-refractivity contribution >= 4 is 8.07 Å². The van der Waals surface area contributed by atoms with E-state index in [1.807, 2.05) is 0 Å². The van der Waals surface area contributed by atoms with Crippen LogP contribution >= 0.6 is 0 Å². The zero-order valence-electron chi connectivity index (χ0n) is 8.81. The van der Waals surface area contributed by atoms with Crippen LogP contribution < -0.4 is 0 Å². The third-order valence-corrected chi connectivity index (χ3v) is 2.76. The minimum Gasteiger partial charge on any atom is -0.297 e. The molecule has 11 heavy (non-hydrogen) atoms. The van der Waals surface area contributed by atoms with Gasteiger partial charge < -0.3 is 0 Å². The van der Waals surface area contributed by atoms with E-state index >= 15 is 0 Å². The Morgan fingerprint density at radius 1 is 1.00 bits per heavy atom. The third kappa shape index (κ3) is 8.04. The highest BCUT2D eigenvalue weighted by molar-refractivity contribution is 6.76. The van der Waals surface area contributed by atoms with E-state index in [1.165, 1.54) is 6.17 Å². The van der Waals surface area contributed by atoms with Crippen molar-refractivity contribution in [2.45, 2.75) is 19.6 Å². The lowest BCUT2D eigenvalue weighted by Gasteiger charge is -2.27. The average Bonchev–Trinajstić information content (AvgIpc) is 1.53. The van der Waals surface area contributed by atoms with Crippen molar-refractivity contribution in [3.05, 3.63) is 0 Å². The molecule has 0 aliphatic carbocycles. The van der Waals surface area contributed by atoms with Crippen LogP contribution in [0.1, 0.15) is 0 Å². The van der Waals surface area contributed by atoms with E-state index in [1.54, 1.807) is 0 Å². The molecule has 0 aliphatic heterocycles. The van der Waals surface area contributed by atoms with Gasteiger partial charge in [0.05, 0.1) is 8.07 Å². The van der Waals surface area contributed by atoms with Crippen LogP contribution in [0.25, 0.3) is 0 Å². The van der Waals surface area contributed by atoms with Crippen LogP contribution in [-0.4, -0.2) is 51.9 Å². The van der Waals surface area contributed by atoms with E-state index in [2.05, 4.69) is 50.6 Å². The number of hydrogen-bond donors (Lipinski definition) is 0. The summed E-state index contributed by atoms with van der Waals surface area (Å²) < 4.78 is 0. The highest BCUT2D eigenvalue weighted by atomic mass is 28.3. The van der Waals surface area contributed by atoms with Crippen LogP contribution in [0.4, 0.5) is 0 Å². The molecule has 0 rings (SSSR count). The standard InChI is InChI=1S/C8H22N2Si/c1-9(2)7-10(3)8-11(4,5)6/h7-8H2,1-6H3. The molecule has 0 bridgehead atoms. The Bertz CT molecular complexity index is 107. The van der Waals surface area contributed by atoms with Gasteiger partial charge in [0.2, 0.25) is 0 Å². The Balaban J connectivity index is 3.61. The first-order valence-electron chi connectivity index (χ1n) is 4.14. The Kier molecular flexibility index (Phi) is 4.29. The maximum Gasteiger partial charge on any atom is 0.0599 e. The molecule has 0 N–H and O–H groups in total. The minimum absolute atomic E-state index is 0.888. The van der Waals surface area contributed by atoms with Crippen LogP contribution in [-0.2, 0) is 0 Å². The molecular formula is C8H22N2Si. The maximum absolute atomic E-state index is 2.40. The lowest BCUT2D eigenvalue weighted by atomic mass is 10.8.